The van der Waals surface area contributed by atoms with Gasteiger partial charge in [0.05, 0.1) is 31.0 Å². The second kappa shape index (κ2) is 6.58. The molecule has 1 heterocycles. The molecule has 0 fully saturated rings. The van der Waals surface area contributed by atoms with E-state index in [4.69, 9.17) is 9.47 Å². The molecule has 0 atom stereocenters. The van der Waals surface area contributed by atoms with E-state index in [9.17, 15) is 4.79 Å². The van der Waals surface area contributed by atoms with Gasteiger partial charge in [-0.1, -0.05) is 18.2 Å². The standard InChI is InChI=1S/C19H18N2O3/c1-12-10-15(14-6-4-5-7-16(14)20-12)19(22)21-17-11-13(23-2)8-9-18(17)24-3/h4-11H,1-3H3,(H,21,22). The second-order valence-corrected chi connectivity index (χ2v) is 5.35. The van der Waals surface area contributed by atoms with Crippen molar-refractivity contribution >= 4 is 22.5 Å². The Labute approximate surface area is 140 Å². The lowest BCUT2D eigenvalue weighted by atomic mass is 10.1. The van der Waals surface area contributed by atoms with Crippen LogP contribution in [0.15, 0.2) is 48.5 Å². The Hall–Kier alpha value is -3.08. The minimum Gasteiger partial charge on any atom is -0.497 e. The molecular weight excluding hydrogens is 304 g/mol. The zero-order valence-electron chi connectivity index (χ0n) is 13.8. The van der Waals surface area contributed by atoms with E-state index in [1.54, 1.807) is 38.5 Å². The van der Waals surface area contributed by atoms with E-state index >= 15 is 0 Å². The number of nitrogens with zero attached hydrogens (tertiary/aromatic N) is 1. The maximum absolute atomic E-state index is 12.8. The molecule has 2 aromatic carbocycles. The summed E-state index contributed by atoms with van der Waals surface area (Å²) in [5.74, 6) is 0.990. The van der Waals surface area contributed by atoms with E-state index in [-0.39, 0.29) is 5.91 Å². The van der Waals surface area contributed by atoms with Crippen LogP contribution in [0.25, 0.3) is 10.9 Å². The van der Waals surface area contributed by atoms with E-state index in [0.29, 0.717) is 22.7 Å². The lowest BCUT2D eigenvalue weighted by molar-refractivity contribution is 0.102. The van der Waals surface area contributed by atoms with Crippen molar-refractivity contribution in [1.82, 2.24) is 4.98 Å². The van der Waals surface area contributed by atoms with Crippen molar-refractivity contribution in [2.24, 2.45) is 0 Å². The summed E-state index contributed by atoms with van der Waals surface area (Å²) in [4.78, 5) is 17.3. The molecule has 3 aromatic rings. The monoisotopic (exact) mass is 322 g/mol. The van der Waals surface area contributed by atoms with E-state index in [1.165, 1.54) is 0 Å². The molecule has 0 spiro atoms. The van der Waals surface area contributed by atoms with Gasteiger partial charge in [0.15, 0.2) is 0 Å². The zero-order valence-corrected chi connectivity index (χ0v) is 13.8. The average molecular weight is 322 g/mol. The fraction of sp³-hybridized carbons (Fsp3) is 0.158. The van der Waals surface area contributed by atoms with Gasteiger partial charge in [0.1, 0.15) is 11.5 Å². The van der Waals surface area contributed by atoms with E-state index in [2.05, 4.69) is 10.3 Å². The quantitative estimate of drug-likeness (QED) is 0.793. The first-order valence-electron chi connectivity index (χ1n) is 7.52. The maximum atomic E-state index is 12.8. The molecule has 0 aliphatic rings. The Kier molecular flexibility index (Phi) is 4.33. The molecule has 0 aliphatic carbocycles. The van der Waals surface area contributed by atoms with Crippen molar-refractivity contribution in [2.45, 2.75) is 6.92 Å². The Bertz CT molecular complexity index is 906. The lowest BCUT2D eigenvalue weighted by Crippen LogP contribution is -2.14. The highest BCUT2D eigenvalue weighted by Gasteiger charge is 2.14. The van der Waals surface area contributed by atoms with Gasteiger partial charge in [-0.2, -0.15) is 0 Å². The SMILES string of the molecule is COc1ccc(OC)c(NC(=O)c2cc(C)nc3ccccc23)c1. The number of nitrogens with one attached hydrogen (secondary N) is 1. The molecule has 0 saturated carbocycles. The number of hydrogen-bond donors (Lipinski definition) is 1. The fourth-order valence-corrected chi connectivity index (χ4v) is 2.60. The van der Waals surface area contributed by atoms with Gasteiger partial charge >= 0.3 is 0 Å². The second-order valence-electron chi connectivity index (χ2n) is 5.35. The predicted molar refractivity (Wildman–Crippen MR) is 94.0 cm³/mol. The van der Waals surface area contributed by atoms with Gasteiger partial charge in [-0.3, -0.25) is 9.78 Å². The lowest BCUT2D eigenvalue weighted by Gasteiger charge is -2.13. The third kappa shape index (κ3) is 3.01. The number of benzene rings is 2. The van der Waals surface area contributed by atoms with E-state index < -0.39 is 0 Å². The largest absolute Gasteiger partial charge is 0.497 e. The van der Waals surface area contributed by atoms with Crippen molar-refractivity contribution < 1.29 is 14.3 Å². The summed E-state index contributed by atoms with van der Waals surface area (Å²) in [7, 11) is 3.14. The molecule has 0 aliphatic heterocycles. The van der Waals surface area contributed by atoms with Crippen molar-refractivity contribution in [2.75, 3.05) is 19.5 Å². The molecule has 0 saturated heterocycles. The summed E-state index contributed by atoms with van der Waals surface area (Å²) in [5, 5.41) is 3.71. The summed E-state index contributed by atoms with van der Waals surface area (Å²) in [6.45, 7) is 1.87. The van der Waals surface area contributed by atoms with Crippen LogP contribution >= 0.6 is 0 Å². The molecule has 3 rings (SSSR count). The predicted octanol–water partition coefficient (Wildman–Crippen LogP) is 3.81. The minimum atomic E-state index is -0.219. The van der Waals surface area contributed by atoms with Crippen LogP contribution in [-0.4, -0.2) is 25.1 Å². The van der Waals surface area contributed by atoms with Crippen molar-refractivity contribution in [1.29, 1.82) is 0 Å². The highest BCUT2D eigenvalue weighted by atomic mass is 16.5. The summed E-state index contributed by atoms with van der Waals surface area (Å²) in [6, 6.07) is 14.6. The third-order valence-corrected chi connectivity index (χ3v) is 3.74. The number of hydrogen-bond acceptors (Lipinski definition) is 4. The van der Waals surface area contributed by atoms with Gasteiger partial charge in [0, 0.05) is 17.1 Å². The summed E-state index contributed by atoms with van der Waals surface area (Å²) < 4.78 is 10.5. The third-order valence-electron chi connectivity index (χ3n) is 3.74. The van der Waals surface area contributed by atoms with E-state index in [1.807, 2.05) is 31.2 Å². The van der Waals surface area contributed by atoms with Crippen LogP contribution in [0.1, 0.15) is 16.1 Å². The molecule has 0 radical (unpaired) electrons. The van der Waals surface area contributed by atoms with Crippen LogP contribution in [-0.2, 0) is 0 Å². The van der Waals surface area contributed by atoms with Crippen LogP contribution in [0, 0.1) is 6.92 Å². The Morgan fingerprint density at radius 1 is 1.04 bits per heavy atom. The average Bonchev–Trinajstić information content (AvgIpc) is 2.60. The van der Waals surface area contributed by atoms with Crippen molar-refractivity contribution in [3.63, 3.8) is 0 Å². The highest BCUT2D eigenvalue weighted by Crippen LogP contribution is 2.30. The normalized spacial score (nSPS) is 10.5. The van der Waals surface area contributed by atoms with Crippen LogP contribution in [0.2, 0.25) is 0 Å². The summed E-state index contributed by atoms with van der Waals surface area (Å²) in [6.07, 6.45) is 0. The van der Waals surface area contributed by atoms with E-state index in [0.717, 1.165) is 16.6 Å². The van der Waals surface area contributed by atoms with Gasteiger partial charge in [0.25, 0.3) is 5.91 Å². The number of aryl methyl sites for hydroxylation is 1. The van der Waals surface area contributed by atoms with Crippen LogP contribution < -0.4 is 14.8 Å². The number of fused-ring (bicyclic) bond motifs is 1. The van der Waals surface area contributed by atoms with Crippen LogP contribution in [0.5, 0.6) is 11.5 Å². The number of aromatic nitrogens is 1. The Morgan fingerprint density at radius 3 is 2.58 bits per heavy atom. The number of para-hydroxylation sites is 1. The Balaban J connectivity index is 2.02. The summed E-state index contributed by atoms with van der Waals surface area (Å²) in [5.41, 5.74) is 2.71. The smallest absolute Gasteiger partial charge is 0.256 e. The molecule has 1 N–H and O–H groups in total. The molecule has 5 heteroatoms. The molecule has 5 nitrogen and oxygen atoms in total. The fourth-order valence-electron chi connectivity index (χ4n) is 2.60. The number of anilines is 1. The van der Waals surface area contributed by atoms with Crippen LogP contribution in [0.4, 0.5) is 5.69 Å². The molecule has 0 unspecified atom stereocenters. The first-order valence-corrected chi connectivity index (χ1v) is 7.52. The number of methoxy groups -OCH3 is 2. The number of ether oxygens (including phenoxy) is 2. The van der Waals surface area contributed by atoms with Gasteiger partial charge in [-0.15, -0.1) is 0 Å². The number of pyridine rings is 1. The molecule has 0 bridgehead atoms. The zero-order chi connectivity index (χ0) is 17.1. The number of carbonyl (C=O) groups is 1. The van der Waals surface area contributed by atoms with Gasteiger partial charge in [-0.05, 0) is 31.2 Å². The summed E-state index contributed by atoms with van der Waals surface area (Å²) >= 11 is 0. The first kappa shape index (κ1) is 15.8. The highest BCUT2D eigenvalue weighted by molar-refractivity contribution is 6.12. The molecular formula is C19H18N2O3. The Morgan fingerprint density at radius 2 is 1.83 bits per heavy atom. The van der Waals surface area contributed by atoms with Gasteiger partial charge < -0.3 is 14.8 Å². The van der Waals surface area contributed by atoms with Crippen molar-refractivity contribution in [3.8, 4) is 11.5 Å². The molecule has 1 aromatic heterocycles. The number of amides is 1. The molecule has 24 heavy (non-hydrogen) atoms. The van der Waals surface area contributed by atoms with Gasteiger partial charge in [0.2, 0.25) is 0 Å². The molecule has 122 valence electrons. The number of rotatable bonds is 4. The van der Waals surface area contributed by atoms with Gasteiger partial charge in [-0.25, -0.2) is 0 Å². The maximum Gasteiger partial charge on any atom is 0.256 e. The molecule has 1 amide bonds. The number of carbonyl (C=O) groups excluding carboxylic acids is 1. The minimum absolute atomic E-state index is 0.219. The first-order chi connectivity index (χ1) is 11.6. The topological polar surface area (TPSA) is 60.5 Å². The van der Waals surface area contributed by atoms with Crippen LogP contribution in [0.3, 0.4) is 0 Å². The van der Waals surface area contributed by atoms with Crippen molar-refractivity contribution in [3.05, 3.63) is 59.8 Å².